The lowest BCUT2D eigenvalue weighted by Crippen LogP contribution is -2.03. The highest BCUT2D eigenvalue weighted by atomic mass is 16.5. The van der Waals surface area contributed by atoms with Crippen LogP contribution in [-0.4, -0.2) is 19.5 Å². The smallest absolute Gasteiger partial charge is 0.135 e. The predicted octanol–water partition coefficient (Wildman–Crippen LogP) is 2.22. The van der Waals surface area contributed by atoms with Gasteiger partial charge in [-0.05, 0) is 12.0 Å². The maximum absolute atomic E-state index is 11.3. The molecule has 14 heavy (non-hydrogen) atoms. The Balaban J connectivity index is 2.24. The van der Waals surface area contributed by atoms with E-state index in [-0.39, 0.29) is 5.78 Å². The van der Waals surface area contributed by atoms with Gasteiger partial charge in [-0.3, -0.25) is 4.79 Å². The first-order chi connectivity index (χ1) is 6.83. The molecule has 0 heterocycles. The fraction of sp³-hybridized carbons (Fsp3) is 0.417. The second kappa shape index (κ2) is 6.33. The molecule has 0 aromatic heterocycles. The van der Waals surface area contributed by atoms with Gasteiger partial charge in [0.05, 0.1) is 6.61 Å². The predicted molar refractivity (Wildman–Crippen MR) is 56.3 cm³/mol. The van der Waals surface area contributed by atoms with Crippen LogP contribution in [0.25, 0.3) is 0 Å². The number of methoxy groups -OCH3 is 1. The summed E-state index contributed by atoms with van der Waals surface area (Å²) < 4.78 is 4.84. The molecule has 0 unspecified atom stereocenters. The number of aryl methyl sites for hydroxylation is 1. The molecule has 0 radical (unpaired) electrons. The highest BCUT2D eigenvalue weighted by Crippen LogP contribution is 2.03. The van der Waals surface area contributed by atoms with Crippen LogP contribution in [0.1, 0.15) is 18.4 Å². The molecule has 0 fully saturated rings. The summed E-state index contributed by atoms with van der Waals surface area (Å²) in [4.78, 5) is 11.3. The summed E-state index contributed by atoms with van der Waals surface area (Å²) in [5.41, 5.74) is 1.22. The zero-order valence-corrected chi connectivity index (χ0v) is 8.53. The molecule has 0 bridgehead atoms. The lowest BCUT2D eigenvalue weighted by Gasteiger charge is -2.00. The summed E-state index contributed by atoms with van der Waals surface area (Å²) in [5, 5.41) is 0. The number of benzene rings is 1. The summed E-state index contributed by atoms with van der Waals surface area (Å²) in [5.74, 6) is 0.274. The second-order valence-corrected chi connectivity index (χ2v) is 3.27. The average Bonchev–Trinajstić information content (AvgIpc) is 2.25. The number of ketones is 1. The van der Waals surface area contributed by atoms with E-state index in [9.17, 15) is 4.79 Å². The SMILES string of the molecule is COCCC(=O)CCc1ccccc1. The minimum absolute atomic E-state index is 0.274. The molecule has 0 aliphatic carbocycles. The molecule has 0 N–H and O–H groups in total. The van der Waals surface area contributed by atoms with Crippen molar-refractivity contribution in [1.82, 2.24) is 0 Å². The van der Waals surface area contributed by atoms with Gasteiger partial charge in [-0.2, -0.15) is 0 Å². The van der Waals surface area contributed by atoms with Crippen LogP contribution in [0.15, 0.2) is 30.3 Å². The lowest BCUT2D eigenvalue weighted by molar-refractivity contribution is -0.119. The van der Waals surface area contributed by atoms with Crippen LogP contribution in [0.5, 0.6) is 0 Å². The van der Waals surface area contributed by atoms with Gasteiger partial charge in [0.1, 0.15) is 5.78 Å². The van der Waals surface area contributed by atoms with E-state index in [1.807, 2.05) is 30.3 Å². The Morgan fingerprint density at radius 1 is 1.21 bits per heavy atom. The van der Waals surface area contributed by atoms with Crippen LogP contribution in [-0.2, 0) is 16.0 Å². The summed E-state index contributed by atoms with van der Waals surface area (Å²) >= 11 is 0. The van der Waals surface area contributed by atoms with Gasteiger partial charge in [0, 0.05) is 20.0 Å². The molecule has 0 amide bonds. The average molecular weight is 192 g/mol. The number of rotatable bonds is 6. The molecular formula is C12H16O2. The van der Waals surface area contributed by atoms with Gasteiger partial charge in [-0.1, -0.05) is 30.3 Å². The van der Waals surface area contributed by atoms with E-state index in [0.717, 1.165) is 6.42 Å². The van der Waals surface area contributed by atoms with Gasteiger partial charge < -0.3 is 4.74 Å². The number of hydrogen-bond acceptors (Lipinski definition) is 2. The summed E-state index contributed by atoms with van der Waals surface area (Å²) in [7, 11) is 1.62. The fourth-order valence-electron chi connectivity index (χ4n) is 1.27. The van der Waals surface area contributed by atoms with E-state index in [1.165, 1.54) is 5.56 Å². The summed E-state index contributed by atoms with van der Waals surface area (Å²) in [6.07, 6.45) is 1.99. The third-order valence-electron chi connectivity index (χ3n) is 2.12. The fourth-order valence-corrected chi connectivity index (χ4v) is 1.27. The molecule has 0 aliphatic rings. The largest absolute Gasteiger partial charge is 0.384 e. The summed E-state index contributed by atoms with van der Waals surface area (Å²) in [6.45, 7) is 0.535. The minimum Gasteiger partial charge on any atom is -0.384 e. The maximum atomic E-state index is 11.3. The maximum Gasteiger partial charge on any atom is 0.135 e. The molecule has 2 nitrogen and oxygen atoms in total. The van der Waals surface area contributed by atoms with Crippen LogP contribution in [0, 0.1) is 0 Å². The Morgan fingerprint density at radius 2 is 1.93 bits per heavy atom. The van der Waals surface area contributed by atoms with E-state index in [4.69, 9.17) is 4.74 Å². The Labute approximate surface area is 84.9 Å². The van der Waals surface area contributed by atoms with Gasteiger partial charge >= 0.3 is 0 Å². The third kappa shape index (κ3) is 4.19. The van der Waals surface area contributed by atoms with Crippen LogP contribution in [0.3, 0.4) is 0 Å². The molecular weight excluding hydrogens is 176 g/mol. The van der Waals surface area contributed by atoms with Crippen molar-refractivity contribution in [1.29, 1.82) is 0 Å². The highest BCUT2D eigenvalue weighted by Gasteiger charge is 2.01. The summed E-state index contributed by atoms with van der Waals surface area (Å²) in [6, 6.07) is 10.1. The van der Waals surface area contributed by atoms with E-state index in [1.54, 1.807) is 7.11 Å². The quantitative estimate of drug-likeness (QED) is 0.690. The van der Waals surface area contributed by atoms with Crippen molar-refractivity contribution in [3.63, 3.8) is 0 Å². The van der Waals surface area contributed by atoms with Crippen LogP contribution < -0.4 is 0 Å². The molecule has 1 aromatic carbocycles. The number of Topliss-reactive ketones (excluding diaryl/α,β-unsaturated/α-hetero) is 1. The molecule has 76 valence electrons. The van der Waals surface area contributed by atoms with Crippen molar-refractivity contribution in [2.75, 3.05) is 13.7 Å². The molecule has 0 saturated carbocycles. The van der Waals surface area contributed by atoms with Gasteiger partial charge in [0.25, 0.3) is 0 Å². The highest BCUT2D eigenvalue weighted by molar-refractivity contribution is 5.78. The number of carbonyl (C=O) groups is 1. The number of carbonyl (C=O) groups excluding carboxylic acids is 1. The van der Waals surface area contributed by atoms with Crippen molar-refractivity contribution in [3.05, 3.63) is 35.9 Å². The van der Waals surface area contributed by atoms with Crippen molar-refractivity contribution in [2.45, 2.75) is 19.3 Å². The van der Waals surface area contributed by atoms with Crippen LogP contribution in [0.4, 0.5) is 0 Å². The molecule has 0 atom stereocenters. The third-order valence-corrected chi connectivity index (χ3v) is 2.12. The second-order valence-electron chi connectivity index (χ2n) is 3.27. The van der Waals surface area contributed by atoms with E-state index in [2.05, 4.69) is 0 Å². The lowest BCUT2D eigenvalue weighted by atomic mass is 10.1. The Kier molecular flexibility index (Phi) is 4.94. The monoisotopic (exact) mass is 192 g/mol. The number of hydrogen-bond donors (Lipinski definition) is 0. The van der Waals surface area contributed by atoms with Crippen molar-refractivity contribution in [3.8, 4) is 0 Å². The molecule has 0 spiro atoms. The molecule has 0 aliphatic heterocycles. The van der Waals surface area contributed by atoms with Crippen molar-refractivity contribution in [2.24, 2.45) is 0 Å². The Morgan fingerprint density at radius 3 is 2.57 bits per heavy atom. The van der Waals surface area contributed by atoms with Crippen molar-refractivity contribution < 1.29 is 9.53 Å². The normalized spacial score (nSPS) is 10.1. The number of ether oxygens (including phenoxy) is 1. The molecule has 2 heteroatoms. The molecule has 1 rings (SSSR count). The standard InChI is InChI=1S/C12H16O2/c1-14-10-9-12(13)8-7-11-5-3-2-4-6-11/h2-6H,7-10H2,1H3. The van der Waals surface area contributed by atoms with Crippen LogP contribution >= 0.6 is 0 Å². The van der Waals surface area contributed by atoms with Gasteiger partial charge in [-0.15, -0.1) is 0 Å². The zero-order chi connectivity index (χ0) is 10.2. The molecule has 1 aromatic rings. The molecule has 0 saturated heterocycles. The van der Waals surface area contributed by atoms with E-state index in [0.29, 0.717) is 19.4 Å². The van der Waals surface area contributed by atoms with Crippen LogP contribution in [0.2, 0.25) is 0 Å². The van der Waals surface area contributed by atoms with Gasteiger partial charge in [0.15, 0.2) is 0 Å². The van der Waals surface area contributed by atoms with Crippen molar-refractivity contribution >= 4 is 5.78 Å². The first-order valence-corrected chi connectivity index (χ1v) is 4.87. The van der Waals surface area contributed by atoms with Gasteiger partial charge in [0.2, 0.25) is 0 Å². The first-order valence-electron chi connectivity index (χ1n) is 4.87. The topological polar surface area (TPSA) is 26.3 Å². The first kappa shape index (κ1) is 10.9. The Hall–Kier alpha value is -1.15. The van der Waals surface area contributed by atoms with Gasteiger partial charge in [-0.25, -0.2) is 0 Å². The minimum atomic E-state index is 0.274. The zero-order valence-electron chi connectivity index (χ0n) is 8.53. The van der Waals surface area contributed by atoms with E-state index < -0.39 is 0 Å². The Bertz CT molecular complexity index is 267. The van der Waals surface area contributed by atoms with E-state index >= 15 is 0 Å².